The van der Waals surface area contributed by atoms with Gasteiger partial charge in [0.25, 0.3) is 0 Å². The predicted octanol–water partition coefficient (Wildman–Crippen LogP) is 3.51. The predicted molar refractivity (Wildman–Crippen MR) is 87.0 cm³/mol. The second-order valence-electron chi connectivity index (χ2n) is 4.91. The third kappa shape index (κ3) is 3.76. The minimum Gasteiger partial charge on any atom is -0.376 e. The number of hydrogen-bond donors (Lipinski definition) is 2. The molecule has 3 rings (SSSR count). The zero-order valence-corrected chi connectivity index (χ0v) is 13.2. The van der Waals surface area contributed by atoms with Gasteiger partial charge in [-0.3, -0.25) is 0 Å². The average molecular weight is 340 g/mol. The van der Waals surface area contributed by atoms with Crippen LogP contribution in [0.2, 0.25) is 10.0 Å². The van der Waals surface area contributed by atoms with Crippen LogP contribution in [0.1, 0.15) is 12.8 Å². The molecular formula is C14H15Cl2N5O. The number of anilines is 3. The van der Waals surface area contributed by atoms with Gasteiger partial charge in [0.05, 0.1) is 28.0 Å². The molecule has 1 atom stereocenters. The van der Waals surface area contributed by atoms with Crippen molar-refractivity contribution in [2.24, 2.45) is 0 Å². The summed E-state index contributed by atoms with van der Waals surface area (Å²) in [5.74, 6) is 0.979. The zero-order chi connectivity index (χ0) is 15.4. The highest BCUT2D eigenvalue weighted by molar-refractivity contribution is 6.43. The van der Waals surface area contributed by atoms with Crippen LogP contribution in [0, 0.1) is 0 Å². The quantitative estimate of drug-likeness (QED) is 0.868. The number of benzene rings is 1. The summed E-state index contributed by atoms with van der Waals surface area (Å²) in [4.78, 5) is 4.35. The molecule has 1 aromatic heterocycles. The lowest BCUT2D eigenvalue weighted by molar-refractivity contribution is 0.120. The first kappa shape index (κ1) is 15.3. The van der Waals surface area contributed by atoms with Gasteiger partial charge in [-0.1, -0.05) is 29.3 Å². The summed E-state index contributed by atoms with van der Waals surface area (Å²) < 4.78 is 5.54. The summed E-state index contributed by atoms with van der Waals surface area (Å²) in [5.41, 5.74) is 0.666. The highest BCUT2D eigenvalue weighted by atomic mass is 35.5. The smallest absolute Gasteiger partial charge is 0.244 e. The molecule has 0 bridgehead atoms. The molecule has 22 heavy (non-hydrogen) atoms. The number of hydrogen-bond acceptors (Lipinski definition) is 6. The summed E-state index contributed by atoms with van der Waals surface area (Å²) in [6.45, 7) is 1.49. The van der Waals surface area contributed by atoms with Crippen molar-refractivity contribution in [2.45, 2.75) is 18.9 Å². The molecule has 1 aliphatic rings. The van der Waals surface area contributed by atoms with Gasteiger partial charge in [-0.2, -0.15) is 10.1 Å². The van der Waals surface area contributed by atoms with Crippen LogP contribution in [0.5, 0.6) is 0 Å². The Labute approximate surface area is 138 Å². The third-order valence-corrected chi connectivity index (χ3v) is 4.10. The van der Waals surface area contributed by atoms with E-state index in [1.807, 2.05) is 12.1 Å². The van der Waals surface area contributed by atoms with E-state index < -0.39 is 0 Å². The van der Waals surface area contributed by atoms with Crippen molar-refractivity contribution in [3.63, 3.8) is 0 Å². The van der Waals surface area contributed by atoms with Gasteiger partial charge in [0.15, 0.2) is 5.82 Å². The maximum Gasteiger partial charge on any atom is 0.244 e. The lowest BCUT2D eigenvalue weighted by Crippen LogP contribution is -2.20. The van der Waals surface area contributed by atoms with Crippen molar-refractivity contribution in [3.05, 3.63) is 34.4 Å². The first-order valence-electron chi connectivity index (χ1n) is 6.98. The SMILES string of the molecule is Clc1cccc(Nc2cnnc(NCC3CCCO3)n2)c1Cl. The van der Waals surface area contributed by atoms with Crippen molar-refractivity contribution in [1.29, 1.82) is 0 Å². The Bertz CT molecular complexity index is 649. The first-order valence-corrected chi connectivity index (χ1v) is 7.74. The van der Waals surface area contributed by atoms with Crippen molar-refractivity contribution < 1.29 is 4.74 Å². The fraction of sp³-hybridized carbons (Fsp3) is 0.357. The third-order valence-electron chi connectivity index (χ3n) is 3.29. The topological polar surface area (TPSA) is 72.0 Å². The van der Waals surface area contributed by atoms with E-state index in [0.29, 0.717) is 34.0 Å². The van der Waals surface area contributed by atoms with Gasteiger partial charge >= 0.3 is 0 Å². The Hall–Kier alpha value is -1.63. The van der Waals surface area contributed by atoms with Crippen LogP contribution in [0.15, 0.2) is 24.4 Å². The number of nitrogens with one attached hydrogen (secondary N) is 2. The Morgan fingerprint density at radius 3 is 3.05 bits per heavy atom. The molecule has 116 valence electrons. The lowest BCUT2D eigenvalue weighted by Gasteiger charge is -2.11. The molecule has 2 N–H and O–H groups in total. The molecule has 2 heterocycles. The van der Waals surface area contributed by atoms with Gasteiger partial charge in [-0.25, -0.2) is 0 Å². The number of aromatic nitrogens is 3. The molecule has 1 unspecified atom stereocenters. The summed E-state index contributed by atoms with van der Waals surface area (Å²) in [5, 5.41) is 15.0. The van der Waals surface area contributed by atoms with E-state index in [0.717, 1.165) is 19.4 Å². The van der Waals surface area contributed by atoms with E-state index >= 15 is 0 Å². The zero-order valence-electron chi connectivity index (χ0n) is 11.7. The van der Waals surface area contributed by atoms with E-state index in [2.05, 4.69) is 25.8 Å². The standard InChI is InChI=1S/C14H15Cl2N5O/c15-10-4-1-5-11(13(10)16)19-12-8-18-21-14(20-12)17-7-9-3-2-6-22-9/h1,4-5,8-9H,2-3,6-7H2,(H2,17,19,20,21). The maximum absolute atomic E-state index is 6.14. The lowest BCUT2D eigenvalue weighted by atomic mass is 10.2. The summed E-state index contributed by atoms with van der Waals surface area (Å²) in [6.07, 6.45) is 3.88. The second-order valence-corrected chi connectivity index (χ2v) is 5.69. The normalized spacial score (nSPS) is 17.5. The average Bonchev–Trinajstić information content (AvgIpc) is 3.04. The van der Waals surface area contributed by atoms with E-state index in [9.17, 15) is 0 Å². The highest BCUT2D eigenvalue weighted by Gasteiger charge is 2.15. The molecule has 1 aromatic carbocycles. The van der Waals surface area contributed by atoms with Crippen molar-refractivity contribution in [2.75, 3.05) is 23.8 Å². The largest absolute Gasteiger partial charge is 0.376 e. The molecule has 0 spiro atoms. The van der Waals surface area contributed by atoms with Crippen molar-refractivity contribution >= 4 is 40.7 Å². The number of ether oxygens (including phenoxy) is 1. The minimum atomic E-state index is 0.211. The monoisotopic (exact) mass is 339 g/mol. The molecule has 1 aliphatic heterocycles. The van der Waals surface area contributed by atoms with Crippen LogP contribution >= 0.6 is 23.2 Å². The van der Waals surface area contributed by atoms with Crippen molar-refractivity contribution in [1.82, 2.24) is 15.2 Å². The van der Waals surface area contributed by atoms with Crippen LogP contribution in [0.4, 0.5) is 17.5 Å². The fourth-order valence-electron chi connectivity index (χ4n) is 2.19. The van der Waals surface area contributed by atoms with E-state index in [1.54, 1.807) is 6.07 Å². The van der Waals surface area contributed by atoms with Crippen LogP contribution in [0.3, 0.4) is 0 Å². The first-order chi connectivity index (χ1) is 10.7. The maximum atomic E-state index is 6.14. The summed E-state index contributed by atoms with van der Waals surface area (Å²) >= 11 is 12.1. The van der Waals surface area contributed by atoms with Crippen LogP contribution < -0.4 is 10.6 Å². The molecule has 0 saturated carbocycles. The van der Waals surface area contributed by atoms with Gasteiger partial charge < -0.3 is 15.4 Å². The minimum absolute atomic E-state index is 0.211. The van der Waals surface area contributed by atoms with E-state index in [-0.39, 0.29) is 6.10 Å². The summed E-state index contributed by atoms with van der Waals surface area (Å²) in [7, 11) is 0. The van der Waals surface area contributed by atoms with E-state index in [4.69, 9.17) is 27.9 Å². The Balaban J connectivity index is 1.66. The molecular weight excluding hydrogens is 325 g/mol. The fourth-order valence-corrected chi connectivity index (χ4v) is 2.54. The van der Waals surface area contributed by atoms with E-state index in [1.165, 1.54) is 6.20 Å². The van der Waals surface area contributed by atoms with Crippen LogP contribution in [0.25, 0.3) is 0 Å². The molecule has 6 nitrogen and oxygen atoms in total. The molecule has 2 aromatic rings. The number of nitrogens with zero attached hydrogens (tertiary/aromatic N) is 3. The van der Waals surface area contributed by atoms with Crippen LogP contribution in [-0.2, 0) is 4.74 Å². The van der Waals surface area contributed by atoms with Gasteiger partial charge in [-0.15, -0.1) is 5.10 Å². The molecule has 0 radical (unpaired) electrons. The van der Waals surface area contributed by atoms with Gasteiger partial charge in [0, 0.05) is 13.2 Å². The summed E-state index contributed by atoms with van der Waals surface area (Å²) in [6, 6.07) is 5.35. The molecule has 8 heteroatoms. The Morgan fingerprint density at radius 2 is 2.23 bits per heavy atom. The van der Waals surface area contributed by atoms with Gasteiger partial charge in [0.1, 0.15) is 0 Å². The van der Waals surface area contributed by atoms with Gasteiger partial charge in [-0.05, 0) is 25.0 Å². The number of rotatable bonds is 5. The number of halogens is 2. The van der Waals surface area contributed by atoms with Gasteiger partial charge in [0.2, 0.25) is 5.95 Å². The molecule has 1 fully saturated rings. The Kier molecular flexibility index (Phi) is 4.92. The molecule has 1 saturated heterocycles. The molecule has 0 aliphatic carbocycles. The van der Waals surface area contributed by atoms with Crippen LogP contribution in [-0.4, -0.2) is 34.4 Å². The Morgan fingerprint density at radius 1 is 1.32 bits per heavy atom. The second kappa shape index (κ2) is 7.09. The highest BCUT2D eigenvalue weighted by Crippen LogP contribution is 2.31. The molecule has 0 amide bonds. The van der Waals surface area contributed by atoms with Crippen molar-refractivity contribution in [3.8, 4) is 0 Å².